The Labute approximate surface area is 38.1 Å². The van der Waals surface area contributed by atoms with Crippen molar-refractivity contribution in [3.05, 3.63) is 0 Å². The summed E-state index contributed by atoms with van der Waals surface area (Å²) in [5.41, 5.74) is 3.14. The van der Waals surface area contributed by atoms with Crippen LogP contribution in [-0.4, -0.2) is 24.6 Å². The maximum Gasteiger partial charge on any atom is 0.0328 e. The molecule has 6 heavy (non-hydrogen) atoms. The van der Waals surface area contributed by atoms with Crippen LogP contribution in [0.2, 0.25) is 0 Å². The summed E-state index contributed by atoms with van der Waals surface area (Å²) in [6.45, 7) is 3.36. The SMILES string of the molecule is C[C@H]1CN(C)N1. The molecule has 1 saturated heterocycles. The van der Waals surface area contributed by atoms with Crippen molar-refractivity contribution in [1.82, 2.24) is 10.4 Å². The molecule has 36 valence electrons. The van der Waals surface area contributed by atoms with Gasteiger partial charge in [-0.2, -0.15) is 0 Å². The van der Waals surface area contributed by atoms with E-state index in [4.69, 9.17) is 0 Å². The number of hydrazine groups is 1. The highest BCUT2D eigenvalue weighted by molar-refractivity contribution is 4.69. The summed E-state index contributed by atoms with van der Waals surface area (Å²) in [7, 11) is 2.04. The summed E-state index contributed by atoms with van der Waals surface area (Å²) in [5, 5.41) is 2.07. The van der Waals surface area contributed by atoms with E-state index >= 15 is 0 Å². The second kappa shape index (κ2) is 1.21. The molecule has 0 bridgehead atoms. The molecule has 2 nitrogen and oxygen atoms in total. The zero-order chi connectivity index (χ0) is 4.57. The van der Waals surface area contributed by atoms with Crippen molar-refractivity contribution in [2.75, 3.05) is 13.6 Å². The summed E-state index contributed by atoms with van der Waals surface area (Å²) >= 11 is 0. The third-order valence-corrected chi connectivity index (χ3v) is 0.988. The van der Waals surface area contributed by atoms with Crippen LogP contribution >= 0.6 is 0 Å². The Morgan fingerprint density at radius 2 is 2.33 bits per heavy atom. The Bertz CT molecular complexity index is 41.5. The van der Waals surface area contributed by atoms with Crippen LogP contribution in [-0.2, 0) is 0 Å². The lowest BCUT2D eigenvalue weighted by Gasteiger charge is -2.34. The molecule has 1 aliphatic rings. The van der Waals surface area contributed by atoms with E-state index in [9.17, 15) is 0 Å². The Kier molecular flexibility index (Phi) is 0.821. The van der Waals surface area contributed by atoms with E-state index in [0.717, 1.165) is 6.04 Å². The second-order valence-electron chi connectivity index (χ2n) is 1.91. The molecule has 0 radical (unpaired) electrons. The minimum absolute atomic E-state index is 0.718. The Hall–Kier alpha value is -0.0800. The number of rotatable bonds is 0. The zero-order valence-electron chi connectivity index (χ0n) is 4.23. The first-order valence-corrected chi connectivity index (χ1v) is 2.26. The molecule has 1 atom stereocenters. The first-order chi connectivity index (χ1) is 2.79. The molecule has 0 unspecified atom stereocenters. The first kappa shape index (κ1) is 4.09. The van der Waals surface area contributed by atoms with E-state index in [-0.39, 0.29) is 0 Å². The molecule has 1 N–H and O–H groups in total. The van der Waals surface area contributed by atoms with Crippen LogP contribution in [0.1, 0.15) is 6.92 Å². The highest BCUT2D eigenvalue weighted by Crippen LogP contribution is 1.94. The predicted molar refractivity (Wildman–Crippen MR) is 25.2 cm³/mol. The molecule has 1 rings (SSSR count). The predicted octanol–water partition coefficient (Wildman–Crippen LogP) is -0.175. The molecule has 2 heteroatoms. The molecule has 1 fully saturated rings. The van der Waals surface area contributed by atoms with Crippen LogP contribution in [0, 0.1) is 0 Å². The lowest BCUT2D eigenvalue weighted by Crippen LogP contribution is -2.57. The van der Waals surface area contributed by atoms with Gasteiger partial charge in [-0.25, -0.2) is 5.01 Å². The van der Waals surface area contributed by atoms with Gasteiger partial charge in [-0.3, -0.25) is 5.43 Å². The molecule has 1 aliphatic heterocycles. The fraction of sp³-hybridized carbons (Fsp3) is 1.00. The lowest BCUT2D eigenvalue weighted by molar-refractivity contribution is 0.0850. The number of nitrogens with zero attached hydrogens (tertiary/aromatic N) is 1. The van der Waals surface area contributed by atoms with Crippen LogP contribution in [0.15, 0.2) is 0 Å². The molecule has 1 heterocycles. The maximum atomic E-state index is 3.14. The summed E-state index contributed by atoms with van der Waals surface area (Å²) in [6, 6.07) is 0.718. The molecule has 0 spiro atoms. The van der Waals surface area contributed by atoms with Crippen LogP contribution in [0.5, 0.6) is 0 Å². The lowest BCUT2D eigenvalue weighted by atomic mass is 10.3. The summed E-state index contributed by atoms with van der Waals surface area (Å²) in [5.74, 6) is 0. The maximum absolute atomic E-state index is 3.14. The molecule has 0 aromatic rings. The Morgan fingerprint density at radius 3 is 2.33 bits per heavy atom. The van der Waals surface area contributed by atoms with E-state index in [1.54, 1.807) is 0 Å². The number of hydrogen-bond donors (Lipinski definition) is 1. The van der Waals surface area contributed by atoms with Gasteiger partial charge in [0.25, 0.3) is 0 Å². The van der Waals surface area contributed by atoms with Gasteiger partial charge in [0.2, 0.25) is 0 Å². The third kappa shape index (κ3) is 0.533. The van der Waals surface area contributed by atoms with Crippen molar-refractivity contribution in [2.24, 2.45) is 0 Å². The van der Waals surface area contributed by atoms with Gasteiger partial charge in [-0.05, 0) is 6.92 Å². The van der Waals surface area contributed by atoms with Crippen LogP contribution in [0.4, 0.5) is 0 Å². The van der Waals surface area contributed by atoms with E-state index in [0.29, 0.717) is 0 Å². The van der Waals surface area contributed by atoms with Gasteiger partial charge in [-0.15, -0.1) is 0 Å². The molecular weight excluding hydrogens is 76.1 g/mol. The largest absolute Gasteiger partial charge is 0.251 e. The molecule has 0 aromatic carbocycles. The highest BCUT2D eigenvalue weighted by Gasteiger charge is 2.15. The van der Waals surface area contributed by atoms with Crippen molar-refractivity contribution < 1.29 is 0 Å². The second-order valence-corrected chi connectivity index (χ2v) is 1.91. The van der Waals surface area contributed by atoms with Crippen LogP contribution < -0.4 is 5.43 Å². The number of nitrogens with one attached hydrogen (secondary N) is 1. The van der Waals surface area contributed by atoms with Gasteiger partial charge in [-0.1, -0.05) is 0 Å². The topological polar surface area (TPSA) is 15.3 Å². The third-order valence-electron chi connectivity index (χ3n) is 0.988. The normalized spacial score (nSPS) is 36.0. The fourth-order valence-electron chi connectivity index (χ4n) is 0.768. The van der Waals surface area contributed by atoms with Gasteiger partial charge in [0.15, 0.2) is 0 Å². The minimum atomic E-state index is 0.718. The van der Waals surface area contributed by atoms with E-state index < -0.39 is 0 Å². The van der Waals surface area contributed by atoms with Gasteiger partial charge in [0.05, 0.1) is 0 Å². The summed E-state index contributed by atoms with van der Waals surface area (Å²) in [4.78, 5) is 0. The first-order valence-electron chi connectivity index (χ1n) is 2.26. The molecule has 0 aliphatic carbocycles. The highest BCUT2D eigenvalue weighted by atomic mass is 15.6. The van der Waals surface area contributed by atoms with Crippen molar-refractivity contribution in [3.8, 4) is 0 Å². The van der Waals surface area contributed by atoms with Crippen molar-refractivity contribution in [1.29, 1.82) is 0 Å². The Balaban J connectivity index is 2.11. The van der Waals surface area contributed by atoms with Crippen LogP contribution in [0.3, 0.4) is 0 Å². The fourth-order valence-corrected chi connectivity index (χ4v) is 0.768. The average molecular weight is 86.1 g/mol. The van der Waals surface area contributed by atoms with Gasteiger partial charge in [0, 0.05) is 19.6 Å². The van der Waals surface area contributed by atoms with Crippen molar-refractivity contribution in [3.63, 3.8) is 0 Å². The number of hydrogen-bond acceptors (Lipinski definition) is 2. The van der Waals surface area contributed by atoms with Gasteiger partial charge < -0.3 is 0 Å². The minimum Gasteiger partial charge on any atom is -0.251 e. The average Bonchev–Trinajstić information content (AvgIpc) is 1.33. The van der Waals surface area contributed by atoms with Gasteiger partial charge in [0.1, 0.15) is 0 Å². The summed E-state index contributed by atoms with van der Waals surface area (Å²) in [6.07, 6.45) is 0. The van der Waals surface area contributed by atoms with Gasteiger partial charge >= 0.3 is 0 Å². The molecule has 0 amide bonds. The Morgan fingerprint density at radius 1 is 1.83 bits per heavy atom. The van der Waals surface area contributed by atoms with Crippen molar-refractivity contribution >= 4 is 0 Å². The van der Waals surface area contributed by atoms with Crippen LogP contribution in [0.25, 0.3) is 0 Å². The standard InChI is InChI=1S/C4H10N2/c1-4-3-6(2)5-4/h4-5H,3H2,1-2H3/t4-/m0/s1. The van der Waals surface area contributed by atoms with E-state index in [1.807, 2.05) is 7.05 Å². The quantitative estimate of drug-likeness (QED) is 0.440. The molecule has 0 saturated carbocycles. The monoisotopic (exact) mass is 86.1 g/mol. The number of likely N-dealkylation sites (N-methyl/N-ethyl adjacent to an activating group) is 1. The molecular formula is C4H10N2. The van der Waals surface area contributed by atoms with E-state index in [2.05, 4.69) is 17.4 Å². The smallest absolute Gasteiger partial charge is 0.0328 e. The summed E-state index contributed by atoms with van der Waals surface area (Å²) < 4.78 is 0. The zero-order valence-corrected chi connectivity index (χ0v) is 4.23. The van der Waals surface area contributed by atoms with E-state index in [1.165, 1.54) is 6.54 Å². The van der Waals surface area contributed by atoms with Crippen molar-refractivity contribution in [2.45, 2.75) is 13.0 Å². The molecule has 0 aromatic heterocycles.